The number of hydrogen-bond acceptors (Lipinski definition) is 2. The zero-order valence-electron chi connectivity index (χ0n) is 7.75. The Morgan fingerprint density at radius 2 is 2.38 bits per heavy atom. The van der Waals surface area contributed by atoms with Crippen LogP contribution in [0.4, 0.5) is 0 Å². The maximum absolute atomic E-state index is 7.85. The quantitative estimate of drug-likeness (QED) is 0.743. The van der Waals surface area contributed by atoms with Gasteiger partial charge in [0, 0.05) is 11.6 Å². The Morgan fingerprint density at radius 3 is 3.08 bits per heavy atom. The Morgan fingerprint density at radius 1 is 1.46 bits per heavy atom. The molecule has 0 aromatic carbocycles. The van der Waals surface area contributed by atoms with Gasteiger partial charge in [0.25, 0.3) is 0 Å². The summed E-state index contributed by atoms with van der Waals surface area (Å²) in [4.78, 5) is 0. The minimum atomic E-state index is 0.545. The third-order valence-corrected chi connectivity index (χ3v) is 3.54. The van der Waals surface area contributed by atoms with Gasteiger partial charge in [0.2, 0.25) is 0 Å². The summed E-state index contributed by atoms with van der Waals surface area (Å²) in [6.07, 6.45) is 5.92. The first kappa shape index (κ1) is 8.95. The highest BCUT2D eigenvalue weighted by Gasteiger charge is 2.18. The summed E-state index contributed by atoms with van der Waals surface area (Å²) in [6, 6.07) is 2.19. The van der Waals surface area contributed by atoms with E-state index >= 15 is 0 Å². The molecule has 2 heteroatoms. The van der Waals surface area contributed by atoms with Crippen LogP contribution in [0, 0.1) is 11.3 Å². The van der Waals surface area contributed by atoms with Crippen LogP contribution in [-0.4, -0.2) is 5.71 Å². The van der Waals surface area contributed by atoms with E-state index in [4.69, 9.17) is 5.41 Å². The van der Waals surface area contributed by atoms with Crippen LogP contribution in [0.1, 0.15) is 31.2 Å². The van der Waals surface area contributed by atoms with Crippen molar-refractivity contribution in [1.82, 2.24) is 0 Å². The van der Waals surface area contributed by atoms with Gasteiger partial charge in [0.05, 0.1) is 0 Å². The van der Waals surface area contributed by atoms with Gasteiger partial charge in [0.15, 0.2) is 0 Å². The molecule has 1 aliphatic carbocycles. The molecule has 0 radical (unpaired) electrons. The van der Waals surface area contributed by atoms with Gasteiger partial charge in [-0.2, -0.15) is 11.3 Å². The second-order valence-electron chi connectivity index (χ2n) is 3.80. The fourth-order valence-electron chi connectivity index (χ4n) is 2.00. The Kier molecular flexibility index (Phi) is 2.79. The number of rotatable bonds is 2. The first-order valence-corrected chi connectivity index (χ1v) is 5.89. The van der Waals surface area contributed by atoms with Gasteiger partial charge in [-0.1, -0.05) is 6.42 Å². The normalized spacial score (nSPS) is 23.4. The standard InChI is InChI=1S/C11H15NS/c12-11-4-2-1-3-10(11)7-9-5-6-13-8-9/h5-6,8,10,12H,1-4,7H2. The molecule has 0 amide bonds. The molecular formula is C11H15NS. The van der Waals surface area contributed by atoms with Crippen LogP contribution in [-0.2, 0) is 6.42 Å². The zero-order valence-corrected chi connectivity index (χ0v) is 8.57. The highest BCUT2D eigenvalue weighted by molar-refractivity contribution is 7.07. The van der Waals surface area contributed by atoms with Gasteiger partial charge >= 0.3 is 0 Å². The monoisotopic (exact) mass is 193 g/mol. The van der Waals surface area contributed by atoms with Crippen molar-refractivity contribution in [3.8, 4) is 0 Å². The van der Waals surface area contributed by atoms with Crippen LogP contribution in [0.2, 0.25) is 0 Å². The SMILES string of the molecule is N=C1CCCCC1Cc1ccsc1. The van der Waals surface area contributed by atoms with Gasteiger partial charge in [-0.3, -0.25) is 0 Å². The molecule has 13 heavy (non-hydrogen) atoms. The molecule has 1 aliphatic rings. The average molecular weight is 193 g/mol. The molecule has 1 aromatic heterocycles. The van der Waals surface area contributed by atoms with Crippen molar-refractivity contribution in [3.05, 3.63) is 22.4 Å². The molecule has 1 atom stereocenters. The van der Waals surface area contributed by atoms with E-state index in [9.17, 15) is 0 Å². The predicted molar refractivity (Wildman–Crippen MR) is 57.7 cm³/mol. The molecule has 1 unspecified atom stereocenters. The lowest BCUT2D eigenvalue weighted by molar-refractivity contribution is 0.521. The van der Waals surface area contributed by atoms with Crippen molar-refractivity contribution in [3.63, 3.8) is 0 Å². The van der Waals surface area contributed by atoms with Crippen molar-refractivity contribution in [2.45, 2.75) is 32.1 Å². The maximum Gasteiger partial charge on any atom is 0.0123 e. The molecular weight excluding hydrogens is 178 g/mol. The molecule has 1 saturated carbocycles. The van der Waals surface area contributed by atoms with E-state index in [1.807, 2.05) is 0 Å². The van der Waals surface area contributed by atoms with E-state index in [0.29, 0.717) is 5.92 Å². The largest absolute Gasteiger partial charge is 0.309 e. The van der Waals surface area contributed by atoms with E-state index < -0.39 is 0 Å². The van der Waals surface area contributed by atoms with E-state index in [0.717, 1.165) is 18.6 Å². The Labute approximate surface area is 83.3 Å². The summed E-state index contributed by atoms with van der Waals surface area (Å²) in [5.41, 5.74) is 2.40. The van der Waals surface area contributed by atoms with Crippen molar-refractivity contribution < 1.29 is 0 Å². The molecule has 0 bridgehead atoms. The van der Waals surface area contributed by atoms with Gasteiger partial charge in [-0.05, 0) is 48.1 Å². The lowest BCUT2D eigenvalue weighted by Crippen LogP contribution is -2.20. The van der Waals surface area contributed by atoms with Crippen LogP contribution in [0.3, 0.4) is 0 Å². The van der Waals surface area contributed by atoms with Gasteiger partial charge in [-0.15, -0.1) is 0 Å². The minimum Gasteiger partial charge on any atom is -0.309 e. The van der Waals surface area contributed by atoms with E-state index in [2.05, 4.69) is 16.8 Å². The van der Waals surface area contributed by atoms with E-state index in [1.165, 1.54) is 24.8 Å². The minimum absolute atomic E-state index is 0.545. The van der Waals surface area contributed by atoms with Crippen LogP contribution < -0.4 is 0 Å². The van der Waals surface area contributed by atoms with Gasteiger partial charge in [-0.25, -0.2) is 0 Å². The van der Waals surface area contributed by atoms with Crippen molar-refractivity contribution in [2.24, 2.45) is 5.92 Å². The summed E-state index contributed by atoms with van der Waals surface area (Å²) >= 11 is 1.76. The van der Waals surface area contributed by atoms with E-state index in [1.54, 1.807) is 11.3 Å². The number of hydrogen-bond donors (Lipinski definition) is 1. The Bertz CT molecular complexity index is 276. The number of thiophene rings is 1. The second kappa shape index (κ2) is 4.05. The molecule has 0 saturated heterocycles. The highest BCUT2D eigenvalue weighted by Crippen LogP contribution is 2.24. The van der Waals surface area contributed by atoms with Crippen molar-refractivity contribution in [2.75, 3.05) is 0 Å². The molecule has 1 nitrogen and oxygen atoms in total. The van der Waals surface area contributed by atoms with Crippen LogP contribution in [0.5, 0.6) is 0 Å². The third kappa shape index (κ3) is 2.19. The lowest BCUT2D eigenvalue weighted by atomic mass is 9.84. The fourth-order valence-corrected chi connectivity index (χ4v) is 2.68. The predicted octanol–water partition coefficient (Wildman–Crippen LogP) is 3.50. The van der Waals surface area contributed by atoms with Crippen LogP contribution in [0.25, 0.3) is 0 Å². The molecule has 1 heterocycles. The van der Waals surface area contributed by atoms with Crippen molar-refractivity contribution >= 4 is 17.0 Å². The first-order valence-electron chi connectivity index (χ1n) is 4.94. The Balaban J connectivity index is 1.97. The summed E-state index contributed by atoms with van der Waals surface area (Å²) in [5, 5.41) is 12.2. The molecule has 2 rings (SSSR count). The molecule has 70 valence electrons. The average Bonchev–Trinajstić information content (AvgIpc) is 2.61. The van der Waals surface area contributed by atoms with Crippen molar-refractivity contribution in [1.29, 1.82) is 5.41 Å². The first-order chi connectivity index (χ1) is 6.36. The third-order valence-electron chi connectivity index (χ3n) is 2.80. The summed E-state index contributed by atoms with van der Waals surface area (Å²) < 4.78 is 0. The molecule has 1 aromatic rings. The van der Waals surface area contributed by atoms with Crippen LogP contribution in [0.15, 0.2) is 16.8 Å². The van der Waals surface area contributed by atoms with Gasteiger partial charge < -0.3 is 5.41 Å². The topological polar surface area (TPSA) is 23.9 Å². The van der Waals surface area contributed by atoms with E-state index in [-0.39, 0.29) is 0 Å². The lowest BCUT2D eigenvalue weighted by Gasteiger charge is -2.22. The summed E-state index contributed by atoms with van der Waals surface area (Å²) in [5.74, 6) is 0.545. The zero-order chi connectivity index (χ0) is 9.10. The summed E-state index contributed by atoms with van der Waals surface area (Å²) in [7, 11) is 0. The molecule has 0 aliphatic heterocycles. The summed E-state index contributed by atoms with van der Waals surface area (Å²) in [6.45, 7) is 0. The molecule has 1 N–H and O–H groups in total. The molecule has 0 spiro atoms. The fraction of sp³-hybridized carbons (Fsp3) is 0.545. The number of nitrogens with one attached hydrogen (secondary N) is 1. The molecule has 1 fully saturated rings. The second-order valence-corrected chi connectivity index (χ2v) is 4.58. The smallest absolute Gasteiger partial charge is 0.0123 e. The van der Waals surface area contributed by atoms with Gasteiger partial charge in [0.1, 0.15) is 0 Å². The highest BCUT2D eigenvalue weighted by atomic mass is 32.1. The Hall–Kier alpha value is -0.630. The van der Waals surface area contributed by atoms with Crippen LogP contribution >= 0.6 is 11.3 Å². The maximum atomic E-state index is 7.85.